The van der Waals surface area contributed by atoms with E-state index in [9.17, 15) is 5.11 Å². The highest BCUT2D eigenvalue weighted by Crippen LogP contribution is 2.29. The molecular weight excluding hydrogens is 236 g/mol. The summed E-state index contributed by atoms with van der Waals surface area (Å²) >= 11 is 0. The Morgan fingerprint density at radius 3 is 2.42 bits per heavy atom. The van der Waals surface area contributed by atoms with Crippen LogP contribution in [-0.4, -0.2) is 29.1 Å². The first kappa shape index (κ1) is 14.4. The molecule has 3 heteroatoms. The summed E-state index contributed by atoms with van der Waals surface area (Å²) < 4.78 is 0. The van der Waals surface area contributed by atoms with Gasteiger partial charge in [0.1, 0.15) is 0 Å². The zero-order valence-corrected chi connectivity index (χ0v) is 12.0. The molecule has 19 heavy (non-hydrogen) atoms. The monoisotopic (exact) mass is 262 g/mol. The Bertz CT molecular complexity index is 384. The van der Waals surface area contributed by atoms with Gasteiger partial charge < -0.3 is 10.8 Å². The Hall–Kier alpha value is -1.06. The lowest BCUT2D eigenvalue weighted by Crippen LogP contribution is -2.32. The standard InChI is InChI=1S/C16H26N2O/c1-12(2)9-10-18(15-7-8-15)11-16(19)13-3-5-14(17)6-4-13/h3-6,12,15-16,19H,7-11,17H2,1-2H3. The number of nitrogen functional groups attached to an aromatic ring is 1. The van der Waals surface area contributed by atoms with Crippen LogP contribution in [0.2, 0.25) is 0 Å². The van der Waals surface area contributed by atoms with Gasteiger partial charge in [0, 0.05) is 18.3 Å². The molecule has 0 bridgehead atoms. The lowest BCUT2D eigenvalue weighted by atomic mass is 10.1. The Labute approximate surface area is 116 Å². The third-order valence-corrected chi connectivity index (χ3v) is 3.79. The summed E-state index contributed by atoms with van der Waals surface area (Å²) in [5.74, 6) is 0.718. The number of aliphatic hydroxyl groups excluding tert-OH is 1. The summed E-state index contributed by atoms with van der Waals surface area (Å²) in [6, 6.07) is 8.26. The van der Waals surface area contributed by atoms with Crippen LogP contribution < -0.4 is 5.73 Å². The molecule has 1 saturated carbocycles. The maximum absolute atomic E-state index is 10.3. The van der Waals surface area contributed by atoms with Crippen LogP contribution in [0, 0.1) is 5.92 Å². The minimum Gasteiger partial charge on any atom is -0.399 e. The highest BCUT2D eigenvalue weighted by molar-refractivity contribution is 5.39. The van der Waals surface area contributed by atoms with Crippen LogP contribution in [0.3, 0.4) is 0 Å². The van der Waals surface area contributed by atoms with Gasteiger partial charge in [0.15, 0.2) is 0 Å². The van der Waals surface area contributed by atoms with Gasteiger partial charge in [-0.1, -0.05) is 26.0 Å². The van der Waals surface area contributed by atoms with Gasteiger partial charge in [-0.3, -0.25) is 4.90 Å². The van der Waals surface area contributed by atoms with Gasteiger partial charge in [-0.2, -0.15) is 0 Å². The average Bonchev–Trinajstić information content (AvgIpc) is 3.19. The Morgan fingerprint density at radius 2 is 1.89 bits per heavy atom. The second-order valence-electron chi connectivity index (χ2n) is 6.09. The number of benzene rings is 1. The van der Waals surface area contributed by atoms with Crippen LogP contribution in [0.15, 0.2) is 24.3 Å². The van der Waals surface area contributed by atoms with E-state index < -0.39 is 6.10 Å². The van der Waals surface area contributed by atoms with Crippen molar-refractivity contribution in [2.24, 2.45) is 5.92 Å². The van der Waals surface area contributed by atoms with E-state index in [1.807, 2.05) is 24.3 Å². The maximum Gasteiger partial charge on any atom is 0.0917 e. The quantitative estimate of drug-likeness (QED) is 0.743. The van der Waals surface area contributed by atoms with Crippen molar-refractivity contribution in [3.63, 3.8) is 0 Å². The van der Waals surface area contributed by atoms with E-state index in [0.29, 0.717) is 6.04 Å². The average molecular weight is 262 g/mol. The fourth-order valence-corrected chi connectivity index (χ4v) is 2.33. The molecule has 1 unspecified atom stereocenters. The second-order valence-corrected chi connectivity index (χ2v) is 6.09. The van der Waals surface area contributed by atoms with Gasteiger partial charge in [-0.15, -0.1) is 0 Å². The molecule has 1 fully saturated rings. The van der Waals surface area contributed by atoms with Crippen LogP contribution in [0.25, 0.3) is 0 Å². The molecule has 1 aliphatic carbocycles. The molecular formula is C16H26N2O. The fourth-order valence-electron chi connectivity index (χ4n) is 2.33. The zero-order chi connectivity index (χ0) is 13.8. The lowest BCUT2D eigenvalue weighted by molar-refractivity contribution is 0.105. The summed E-state index contributed by atoms with van der Waals surface area (Å²) in [5, 5.41) is 10.3. The van der Waals surface area contributed by atoms with E-state index in [2.05, 4.69) is 18.7 Å². The normalized spacial score (nSPS) is 17.1. The highest BCUT2D eigenvalue weighted by Gasteiger charge is 2.30. The van der Waals surface area contributed by atoms with E-state index in [-0.39, 0.29) is 0 Å². The third kappa shape index (κ3) is 4.51. The zero-order valence-electron chi connectivity index (χ0n) is 12.0. The number of nitrogens with two attached hydrogens (primary N) is 1. The topological polar surface area (TPSA) is 49.5 Å². The maximum atomic E-state index is 10.3. The smallest absolute Gasteiger partial charge is 0.0917 e. The summed E-state index contributed by atoms with van der Waals surface area (Å²) in [5.41, 5.74) is 7.38. The van der Waals surface area contributed by atoms with Crippen molar-refractivity contribution < 1.29 is 5.11 Å². The SMILES string of the molecule is CC(C)CCN(CC(O)c1ccc(N)cc1)C1CC1. The minimum absolute atomic E-state index is 0.409. The largest absolute Gasteiger partial charge is 0.399 e. The lowest BCUT2D eigenvalue weighted by Gasteiger charge is -2.26. The molecule has 1 atom stereocenters. The van der Waals surface area contributed by atoms with Crippen molar-refractivity contribution in [3.05, 3.63) is 29.8 Å². The van der Waals surface area contributed by atoms with Gasteiger partial charge in [-0.05, 0) is 49.4 Å². The molecule has 0 heterocycles. The van der Waals surface area contributed by atoms with E-state index in [1.165, 1.54) is 19.3 Å². The number of rotatable bonds is 7. The molecule has 3 N–H and O–H groups in total. The van der Waals surface area contributed by atoms with Crippen molar-refractivity contribution in [1.29, 1.82) is 0 Å². The van der Waals surface area contributed by atoms with Crippen molar-refractivity contribution in [3.8, 4) is 0 Å². The van der Waals surface area contributed by atoms with Crippen molar-refractivity contribution >= 4 is 5.69 Å². The molecule has 0 saturated heterocycles. The first-order chi connectivity index (χ1) is 9.06. The van der Waals surface area contributed by atoms with Gasteiger partial charge in [0.2, 0.25) is 0 Å². The summed E-state index contributed by atoms with van der Waals surface area (Å²) in [7, 11) is 0. The molecule has 0 aromatic heterocycles. The predicted octanol–water partition coefficient (Wildman–Crippen LogP) is 2.81. The molecule has 0 amide bonds. The molecule has 3 nitrogen and oxygen atoms in total. The van der Waals surface area contributed by atoms with E-state index in [1.54, 1.807) is 0 Å². The summed E-state index contributed by atoms with van der Waals surface area (Å²) in [6.45, 7) is 6.33. The summed E-state index contributed by atoms with van der Waals surface area (Å²) in [4.78, 5) is 2.45. The number of anilines is 1. The van der Waals surface area contributed by atoms with Crippen molar-refractivity contribution in [2.45, 2.75) is 45.3 Å². The van der Waals surface area contributed by atoms with Crippen molar-refractivity contribution in [2.75, 3.05) is 18.8 Å². The van der Waals surface area contributed by atoms with Crippen LogP contribution >= 0.6 is 0 Å². The number of hydrogen-bond donors (Lipinski definition) is 2. The molecule has 0 radical (unpaired) electrons. The van der Waals surface area contributed by atoms with E-state index in [4.69, 9.17) is 5.73 Å². The molecule has 1 aromatic carbocycles. The predicted molar refractivity (Wildman–Crippen MR) is 79.9 cm³/mol. The first-order valence-electron chi connectivity index (χ1n) is 7.34. The van der Waals surface area contributed by atoms with Crippen LogP contribution in [0.5, 0.6) is 0 Å². The van der Waals surface area contributed by atoms with Gasteiger partial charge in [-0.25, -0.2) is 0 Å². The van der Waals surface area contributed by atoms with Crippen LogP contribution in [0.1, 0.15) is 44.8 Å². The number of hydrogen-bond acceptors (Lipinski definition) is 3. The Kier molecular flexibility index (Phi) is 4.83. The van der Waals surface area contributed by atoms with Crippen LogP contribution in [0.4, 0.5) is 5.69 Å². The minimum atomic E-state index is -0.409. The number of aliphatic hydroxyl groups is 1. The third-order valence-electron chi connectivity index (χ3n) is 3.79. The summed E-state index contributed by atoms with van der Waals surface area (Å²) in [6.07, 6.45) is 3.36. The Morgan fingerprint density at radius 1 is 1.26 bits per heavy atom. The highest BCUT2D eigenvalue weighted by atomic mass is 16.3. The van der Waals surface area contributed by atoms with Gasteiger partial charge in [0.25, 0.3) is 0 Å². The van der Waals surface area contributed by atoms with Gasteiger partial charge in [0.05, 0.1) is 6.10 Å². The van der Waals surface area contributed by atoms with E-state index in [0.717, 1.165) is 30.3 Å². The fraction of sp³-hybridized carbons (Fsp3) is 0.625. The van der Waals surface area contributed by atoms with E-state index >= 15 is 0 Å². The number of nitrogens with zero attached hydrogens (tertiary/aromatic N) is 1. The second kappa shape index (κ2) is 6.40. The van der Waals surface area contributed by atoms with Gasteiger partial charge >= 0.3 is 0 Å². The Balaban J connectivity index is 1.90. The molecule has 1 aliphatic rings. The van der Waals surface area contributed by atoms with Crippen molar-refractivity contribution in [1.82, 2.24) is 4.90 Å². The molecule has 0 aliphatic heterocycles. The first-order valence-corrected chi connectivity index (χ1v) is 7.34. The van der Waals surface area contributed by atoms with Crippen LogP contribution in [-0.2, 0) is 0 Å². The molecule has 106 valence electrons. The molecule has 1 aromatic rings. The molecule has 2 rings (SSSR count). The molecule has 0 spiro atoms.